The van der Waals surface area contributed by atoms with Crippen LogP contribution in [0.5, 0.6) is 5.75 Å². The molecule has 2 fully saturated rings. The number of benzene rings is 1. The molecular formula is C24H27N5O2. The van der Waals surface area contributed by atoms with Crippen LogP contribution in [0.25, 0.3) is 10.9 Å². The summed E-state index contributed by atoms with van der Waals surface area (Å²) in [4.78, 5) is 19.5. The van der Waals surface area contributed by atoms with E-state index in [0.29, 0.717) is 12.1 Å². The van der Waals surface area contributed by atoms with E-state index in [2.05, 4.69) is 28.1 Å². The van der Waals surface area contributed by atoms with Gasteiger partial charge in [0, 0.05) is 55.3 Å². The Balaban J connectivity index is 1.25. The normalized spacial score (nSPS) is 23.2. The molecule has 7 nitrogen and oxygen atoms in total. The summed E-state index contributed by atoms with van der Waals surface area (Å²) in [5.41, 5.74) is 4.67. The highest BCUT2D eigenvalue weighted by Crippen LogP contribution is 2.44. The summed E-state index contributed by atoms with van der Waals surface area (Å²) >= 11 is 0. The number of rotatable bonds is 4. The number of nitrogens with zero attached hydrogens (tertiary/aromatic N) is 5. The molecule has 3 aliphatic heterocycles. The summed E-state index contributed by atoms with van der Waals surface area (Å²) in [5.74, 6) is 1.73. The van der Waals surface area contributed by atoms with Crippen LogP contribution in [0.1, 0.15) is 35.8 Å². The van der Waals surface area contributed by atoms with E-state index in [4.69, 9.17) is 24.4 Å². The number of aromatic nitrogens is 3. The lowest BCUT2D eigenvalue weighted by Gasteiger charge is -2.36. The van der Waals surface area contributed by atoms with E-state index in [0.717, 1.165) is 67.6 Å². The van der Waals surface area contributed by atoms with Gasteiger partial charge in [-0.1, -0.05) is 6.07 Å². The number of hydrogen-bond donors (Lipinski definition) is 0. The Hall–Kier alpha value is -2.77. The average molecular weight is 418 g/mol. The van der Waals surface area contributed by atoms with Crippen molar-refractivity contribution in [3.8, 4) is 5.75 Å². The van der Waals surface area contributed by atoms with Gasteiger partial charge >= 0.3 is 0 Å². The minimum atomic E-state index is 0.390. The van der Waals surface area contributed by atoms with Gasteiger partial charge in [-0.15, -0.1) is 0 Å². The highest BCUT2D eigenvalue weighted by Gasteiger charge is 2.41. The van der Waals surface area contributed by atoms with Crippen LogP contribution in [-0.4, -0.2) is 59.3 Å². The monoisotopic (exact) mass is 417 g/mol. The van der Waals surface area contributed by atoms with E-state index < -0.39 is 0 Å². The maximum absolute atomic E-state index is 5.47. The van der Waals surface area contributed by atoms with Crippen LogP contribution in [0, 0.1) is 0 Å². The van der Waals surface area contributed by atoms with Crippen molar-refractivity contribution in [2.24, 2.45) is 0 Å². The number of methoxy groups -OCH3 is 1. The quantitative estimate of drug-likeness (QED) is 0.646. The van der Waals surface area contributed by atoms with E-state index in [1.807, 2.05) is 18.2 Å². The topological polar surface area (TPSA) is 63.6 Å². The second-order valence-electron chi connectivity index (χ2n) is 8.66. The van der Waals surface area contributed by atoms with Crippen LogP contribution in [0.3, 0.4) is 0 Å². The number of morpholine rings is 1. The van der Waals surface area contributed by atoms with Gasteiger partial charge in [0.15, 0.2) is 0 Å². The molecule has 0 amide bonds. The fraction of sp³-hybridized carbons (Fsp3) is 0.458. The minimum absolute atomic E-state index is 0.390. The lowest BCUT2D eigenvalue weighted by atomic mass is 9.99. The van der Waals surface area contributed by atoms with Crippen molar-refractivity contribution < 1.29 is 9.47 Å². The molecule has 2 saturated heterocycles. The number of hydrogen-bond acceptors (Lipinski definition) is 7. The van der Waals surface area contributed by atoms with Crippen molar-refractivity contribution in [3.63, 3.8) is 0 Å². The molecule has 0 N–H and O–H groups in total. The molecule has 3 aromatic rings. The summed E-state index contributed by atoms with van der Waals surface area (Å²) in [6.07, 6.45) is 5.45. The lowest BCUT2D eigenvalue weighted by molar-refractivity contribution is 0.122. The van der Waals surface area contributed by atoms with Crippen molar-refractivity contribution >= 4 is 16.9 Å². The van der Waals surface area contributed by atoms with Crippen molar-refractivity contribution in [2.45, 2.75) is 37.9 Å². The van der Waals surface area contributed by atoms with Gasteiger partial charge < -0.3 is 14.4 Å². The number of pyridine rings is 1. The molecule has 0 saturated carbocycles. The first-order chi connectivity index (χ1) is 15.3. The van der Waals surface area contributed by atoms with E-state index in [9.17, 15) is 0 Å². The summed E-state index contributed by atoms with van der Waals surface area (Å²) in [6, 6.07) is 11.3. The third-order valence-electron chi connectivity index (χ3n) is 6.91. The summed E-state index contributed by atoms with van der Waals surface area (Å²) in [7, 11) is 1.69. The van der Waals surface area contributed by atoms with Crippen molar-refractivity contribution in [1.29, 1.82) is 0 Å². The van der Waals surface area contributed by atoms with E-state index >= 15 is 0 Å². The molecule has 5 heterocycles. The molecule has 0 unspecified atom stereocenters. The van der Waals surface area contributed by atoms with Gasteiger partial charge in [-0.25, -0.2) is 9.97 Å². The van der Waals surface area contributed by atoms with Gasteiger partial charge in [0.2, 0.25) is 5.95 Å². The van der Waals surface area contributed by atoms with E-state index in [1.165, 1.54) is 24.1 Å². The van der Waals surface area contributed by atoms with Gasteiger partial charge in [-0.2, -0.15) is 0 Å². The predicted molar refractivity (Wildman–Crippen MR) is 118 cm³/mol. The largest absolute Gasteiger partial charge is 0.497 e. The number of anilines is 1. The minimum Gasteiger partial charge on any atom is -0.497 e. The smallest absolute Gasteiger partial charge is 0.225 e. The maximum Gasteiger partial charge on any atom is 0.225 e. The molecule has 31 heavy (non-hydrogen) atoms. The summed E-state index contributed by atoms with van der Waals surface area (Å²) in [6.45, 7) is 4.12. The molecule has 2 atom stereocenters. The van der Waals surface area contributed by atoms with Crippen LogP contribution in [0.2, 0.25) is 0 Å². The number of ether oxygens (including phenoxy) is 2. The molecule has 1 aromatic carbocycles. The molecule has 7 heteroatoms. The van der Waals surface area contributed by atoms with Crippen molar-refractivity contribution in [2.75, 3.05) is 38.3 Å². The first-order valence-electron chi connectivity index (χ1n) is 11.2. The molecule has 0 aliphatic carbocycles. The van der Waals surface area contributed by atoms with Crippen molar-refractivity contribution in [3.05, 3.63) is 53.5 Å². The maximum atomic E-state index is 5.47. The summed E-state index contributed by atoms with van der Waals surface area (Å²) < 4.78 is 10.8. The first-order valence-corrected chi connectivity index (χ1v) is 11.2. The lowest BCUT2D eigenvalue weighted by Crippen LogP contribution is -2.40. The fourth-order valence-electron chi connectivity index (χ4n) is 5.27. The zero-order chi connectivity index (χ0) is 20.8. The average Bonchev–Trinajstić information content (AvgIpc) is 3.10. The zero-order valence-electron chi connectivity index (χ0n) is 17.8. The number of fused-ring (bicyclic) bond motifs is 5. The van der Waals surface area contributed by atoms with Crippen LogP contribution in [-0.2, 0) is 17.7 Å². The second kappa shape index (κ2) is 7.73. The van der Waals surface area contributed by atoms with E-state index in [1.54, 1.807) is 7.11 Å². The Morgan fingerprint density at radius 1 is 1.10 bits per heavy atom. The Labute approximate surface area is 182 Å². The molecule has 2 aromatic heterocycles. The molecule has 160 valence electrons. The summed E-state index contributed by atoms with van der Waals surface area (Å²) in [5, 5.41) is 1.11. The van der Waals surface area contributed by atoms with Crippen LogP contribution >= 0.6 is 0 Å². The molecular weight excluding hydrogens is 390 g/mol. The molecule has 0 radical (unpaired) electrons. The Bertz CT molecular complexity index is 1110. The Morgan fingerprint density at radius 3 is 2.87 bits per heavy atom. The third-order valence-corrected chi connectivity index (χ3v) is 6.91. The van der Waals surface area contributed by atoms with Crippen molar-refractivity contribution in [1.82, 2.24) is 19.9 Å². The molecule has 0 spiro atoms. The Kier molecular flexibility index (Phi) is 4.73. The van der Waals surface area contributed by atoms with Gasteiger partial charge in [0.05, 0.1) is 37.2 Å². The van der Waals surface area contributed by atoms with Gasteiger partial charge in [-0.3, -0.25) is 9.88 Å². The van der Waals surface area contributed by atoms with Gasteiger partial charge in [-0.05, 0) is 37.1 Å². The molecule has 6 rings (SSSR count). The second-order valence-corrected chi connectivity index (χ2v) is 8.66. The van der Waals surface area contributed by atoms with E-state index in [-0.39, 0.29) is 0 Å². The SMILES string of the molecule is COc1ccc2nc(CN3[C@H]4CC[C@H]3c3cnc(N5CCOCC5)nc3C4)ccc2c1. The predicted octanol–water partition coefficient (Wildman–Crippen LogP) is 3.13. The Morgan fingerprint density at radius 2 is 2.00 bits per heavy atom. The molecule has 2 bridgehead atoms. The highest BCUT2D eigenvalue weighted by atomic mass is 16.5. The highest BCUT2D eigenvalue weighted by molar-refractivity contribution is 5.80. The standard InChI is InChI=1S/C24H27N5O2/c1-30-19-5-6-21-16(12-19)2-3-17(26-21)15-29-18-4-7-23(29)20-14-25-24(27-22(20)13-18)28-8-10-31-11-9-28/h2-3,5-6,12,14,18,23H,4,7-11,13,15H2,1H3/t18-,23-/m0/s1. The van der Waals surface area contributed by atoms with Crippen LogP contribution in [0.4, 0.5) is 5.95 Å². The zero-order valence-corrected chi connectivity index (χ0v) is 17.8. The molecule has 3 aliphatic rings. The first kappa shape index (κ1) is 19.0. The fourth-order valence-corrected chi connectivity index (χ4v) is 5.27. The van der Waals surface area contributed by atoms with Crippen LogP contribution < -0.4 is 9.64 Å². The van der Waals surface area contributed by atoms with Crippen LogP contribution in [0.15, 0.2) is 36.5 Å². The third kappa shape index (κ3) is 3.42. The van der Waals surface area contributed by atoms with Gasteiger partial charge in [0.1, 0.15) is 5.75 Å². The van der Waals surface area contributed by atoms with Gasteiger partial charge in [0.25, 0.3) is 0 Å².